The Hall–Kier alpha value is -2.54. The Bertz CT molecular complexity index is 717. The van der Waals surface area contributed by atoms with Gasteiger partial charge in [-0.25, -0.2) is 4.98 Å². The van der Waals surface area contributed by atoms with Gasteiger partial charge in [0.25, 0.3) is 0 Å². The van der Waals surface area contributed by atoms with Crippen LogP contribution in [0.1, 0.15) is 5.56 Å². The number of hydrogen-bond donors (Lipinski definition) is 1. The molecule has 0 bridgehead atoms. The van der Waals surface area contributed by atoms with Gasteiger partial charge in [-0.2, -0.15) is 4.98 Å². The molecule has 0 saturated carbocycles. The van der Waals surface area contributed by atoms with E-state index in [1.54, 1.807) is 14.2 Å². The summed E-state index contributed by atoms with van der Waals surface area (Å²) in [7, 11) is 5.44. The SMILES string of the molecule is COc1ccc(CCNc2nccc(N3CCN(C)CC3)n2)cc1OC. The van der Waals surface area contributed by atoms with Crippen LogP contribution in [0.4, 0.5) is 11.8 Å². The van der Waals surface area contributed by atoms with Crippen LogP contribution in [-0.2, 0) is 6.42 Å². The van der Waals surface area contributed by atoms with E-state index in [-0.39, 0.29) is 0 Å². The van der Waals surface area contributed by atoms with Gasteiger partial charge in [-0.1, -0.05) is 6.07 Å². The van der Waals surface area contributed by atoms with Crippen LogP contribution < -0.4 is 19.7 Å². The molecule has 0 atom stereocenters. The summed E-state index contributed by atoms with van der Waals surface area (Å²) in [5.41, 5.74) is 1.17. The second-order valence-corrected chi connectivity index (χ2v) is 6.39. The van der Waals surface area contributed by atoms with E-state index in [1.807, 2.05) is 30.5 Å². The zero-order valence-corrected chi connectivity index (χ0v) is 15.7. The summed E-state index contributed by atoms with van der Waals surface area (Å²) < 4.78 is 10.6. The average Bonchev–Trinajstić information content (AvgIpc) is 2.68. The Morgan fingerprint density at radius 1 is 1.04 bits per heavy atom. The predicted molar refractivity (Wildman–Crippen MR) is 103 cm³/mol. The van der Waals surface area contributed by atoms with Crippen LogP contribution in [0, 0.1) is 0 Å². The molecule has 0 aliphatic carbocycles. The Morgan fingerprint density at radius 2 is 1.81 bits per heavy atom. The molecule has 1 aromatic carbocycles. The second kappa shape index (κ2) is 8.71. The van der Waals surface area contributed by atoms with E-state index in [0.717, 1.165) is 56.5 Å². The maximum Gasteiger partial charge on any atom is 0.224 e. The molecular formula is C19H27N5O2. The molecule has 1 aliphatic heterocycles. The number of benzene rings is 1. The molecule has 140 valence electrons. The molecule has 1 saturated heterocycles. The molecular weight excluding hydrogens is 330 g/mol. The summed E-state index contributed by atoms with van der Waals surface area (Å²) >= 11 is 0. The highest BCUT2D eigenvalue weighted by Crippen LogP contribution is 2.27. The van der Waals surface area contributed by atoms with Crippen LogP contribution in [-0.4, -0.2) is 68.9 Å². The number of likely N-dealkylation sites (N-methyl/N-ethyl adjacent to an activating group) is 1. The Kier molecular flexibility index (Phi) is 6.12. The zero-order valence-electron chi connectivity index (χ0n) is 15.7. The van der Waals surface area contributed by atoms with Gasteiger partial charge in [0, 0.05) is 38.9 Å². The van der Waals surface area contributed by atoms with Gasteiger partial charge in [-0.05, 0) is 37.2 Å². The fourth-order valence-electron chi connectivity index (χ4n) is 3.00. The summed E-state index contributed by atoms with van der Waals surface area (Å²) in [6.07, 6.45) is 2.67. The maximum atomic E-state index is 5.35. The van der Waals surface area contributed by atoms with Gasteiger partial charge in [0.1, 0.15) is 5.82 Å². The van der Waals surface area contributed by atoms with Crippen molar-refractivity contribution in [2.24, 2.45) is 0 Å². The number of piperazine rings is 1. The molecule has 2 heterocycles. The van der Waals surface area contributed by atoms with Gasteiger partial charge in [0.2, 0.25) is 5.95 Å². The van der Waals surface area contributed by atoms with E-state index in [0.29, 0.717) is 5.95 Å². The first-order valence-electron chi connectivity index (χ1n) is 8.91. The van der Waals surface area contributed by atoms with Crippen LogP contribution in [0.3, 0.4) is 0 Å². The third-order valence-corrected chi connectivity index (χ3v) is 4.61. The minimum Gasteiger partial charge on any atom is -0.493 e. The lowest BCUT2D eigenvalue weighted by Crippen LogP contribution is -2.44. The number of ether oxygens (including phenoxy) is 2. The number of methoxy groups -OCH3 is 2. The second-order valence-electron chi connectivity index (χ2n) is 6.39. The first-order chi connectivity index (χ1) is 12.7. The Morgan fingerprint density at radius 3 is 2.54 bits per heavy atom. The summed E-state index contributed by atoms with van der Waals surface area (Å²) in [6.45, 7) is 4.87. The van der Waals surface area contributed by atoms with Crippen LogP contribution in [0.2, 0.25) is 0 Å². The molecule has 0 unspecified atom stereocenters. The number of hydrogen-bond acceptors (Lipinski definition) is 7. The molecule has 7 nitrogen and oxygen atoms in total. The lowest BCUT2D eigenvalue weighted by Gasteiger charge is -2.33. The number of nitrogens with one attached hydrogen (secondary N) is 1. The molecule has 0 amide bonds. The fourth-order valence-corrected chi connectivity index (χ4v) is 3.00. The summed E-state index contributed by atoms with van der Waals surface area (Å²) in [4.78, 5) is 13.6. The van der Waals surface area contributed by atoms with Gasteiger partial charge in [0.05, 0.1) is 14.2 Å². The quantitative estimate of drug-likeness (QED) is 0.812. The lowest BCUT2D eigenvalue weighted by molar-refractivity contribution is 0.312. The van der Waals surface area contributed by atoms with E-state index in [2.05, 4.69) is 32.1 Å². The molecule has 7 heteroatoms. The van der Waals surface area contributed by atoms with Crippen molar-refractivity contribution in [2.75, 3.05) is 64.2 Å². The number of anilines is 2. The van der Waals surface area contributed by atoms with Gasteiger partial charge in [0.15, 0.2) is 11.5 Å². The van der Waals surface area contributed by atoms with Crippen molar-refractivity contribution >= 4 is 11.8 Å². The maximum absolute atomic E-state index is 5.35. The van der Waals surface area contributed by atoms with E-state index in [9.17, 15) is 0 Å². The van der Waals surface area contributed by atoms with E-state index < -0.39 is 0 Å². The molecule has 26 heavy (non-hydrogen) atoms. The third-order valence-electron chi connectivity index (χ3n) is 4.61. The van der Waals surface area contributed by atoms with Crippen LogP contribution >= 0.6 is 0 Å². The Balaban J connectivity index is 1.56. The third kappa shape index (κ3) is 4.54. The largest absolute Gasteiger partial charge is 0.493 e. The summed E-state index contributed by atoms with van der Waals surface area (Å²) in [5.74, 6) is 3.15. The zero-order chi connectivity index (χ0) is 18.4. The van der Waals surface area contributed by atoms with Crippen molar-refractivity contribution < 1.29 is 9.47 Å². The first kappa shape index (κ1) is 18.3. The predicted octanol–water partition coefficient (Wildman–Crippen LogP) is 1.90. The van der Waals surface area contributed by atoms with Crippen molar-refractivity contribution in [3.05, 3.63) is 36.0 Å². The molecule has 1 aliphatic rings. The summed E-state index contributed by atoms with van der Waals surface area (Å²) in [6, 6.07) is 7.95. The van der Waals surface area contributed by atoms with Crippen molar-refractivity contribution in [1.82, 2.24) is 14.9 Å². The fraction of sp³-hybridized carbons (Fsp3) is 0.474. The number of rotatable bonds is 7. The first-order valence-corrected chi connectivity index (χ1v) is 8.91. The van der Waals surface area contributed by atoms with Gasteiger partial charge in [-0.3, -0.25) is 0 Å². The molecule has 1 fully saturated rings. The molecule has 1 aromatic heterocycles. The normalized spacial score (nSPS) is 15.0. The van der Waals surface area contributed by atoms with E-state index >= 15 is 0 Å². The smallest absolute Gasteiger partial charge is 0.224 e. The standard InChI is InChI=1S/C19H27N5O2/c1-23-10-12-24(13-11-23)18-7-9-21-19(22-18)20-8-6-15-4-5-16(25-2)17(14-15)26-3/h4-5,7,9,14H,6,8,10-13H2,1-3H3,(H,20,21,22). The average molecular weight is 357 g/mol. The monoisotopic (exact) mass is 357 g/mol. The minimum absolute atomic E-state index is 0.668. The highest BCUT2D eigenvalue weighted by atomic mass is 16.5. The number of aromatic nitrogens is 2. The Labute approximate surface area is 155 Å². The topological polar surface area (TPSA) is 62.8 Å². The van der Waals surface area contributed by atoms with E-state index in [1.165, 1.54) is 5.56 Å². The van der Waals surface area contributed by atoms with Gasteiger partial charge >= 0.3 is 0 Å². The van der Waals surface area contributed by atoms with Gasteiger partial charge < -0.3 is 24.6 Å². The van der Waals surface area contributed by atoms with Crippen LogP contribution in [0.25, 0.3) is 0 Å². The molecule has 3 rings (SSSR count). The van der Waals surface area contributed by atoms with Crippen molar-refractivity contribution in [1.29, 1.82) is 0 Å². The highest BCUT2D eigenvalue weighted by molar-refractivity contribution is 5.44. The minimum atomic E-state index is 0.668. The molecule has 0 radical (unpaired) electrons. The van der Waals surface area contributed by atoms with Crippen molar-refractivity contribution in [3.8, 4) is 11.5 Å². The lowest BCUT2D eigenvalue weighted by atomic mass is 10.1. The molecule has 2 aromatic rings. The summed E-state index contributed by atoms with van der Waals surface area (Å²) in [5, 5.41) is 3.32. The van der Waals surface area contributed by atoms with Gasteiger partial charge in [-0.15, -0.1) is 0 Å². The molecule has 0 spiro atoms. The van der Waals surface area contributed by atoms with Crippen LogP contribution in [0.15, 0.2) is 30.5 Å². The highest BCUT2D eigenvalue weighted by Gasteiger charge is 2.15. The van der Waals surface area contributed by atoms with E-state index in [4.69, 9.17) is 9.47 Å². The van der Waals surface area contributed by atoms with Crippen molar-refractivity contribution in [2.45, 2.75) is 6.42 Å². The van der Waals surface area contributed by atoms with Crippen LogP contribution in [0.5, 0.6) is 11.5 Å². The molecule has 1 N–H and O–H groups in total. The van der Waals surface area contributed by atoms with Crippen molar-refractivity contribution in [3.63, 3.8) is 0 Å². The number of nitrogens with zero attached hydrogens (tertiary/aromatic N) is 4.